The monoisotopic (exact) mass is 521 g/mol. The molecule has 0 aliphatic heterocycles. The van der Waals surface area contributed by atoms with E-state index < -0.39 is 41.0 Å². The molecule has 0 atom stereocenters. The van der Waals surface area contributed by atoms with Gasteiger partial charge in [-0.15, -0.1) is 0 Å². The van der Waals surface area contributed by atoms with Crippen molar-refractivity contribution in [3.8, 4) is 11.5 Å². The highest BCUT2D eigenvalue weighted by Crippen LogP contribution is 2.39. The second-order valence-electron chi connectivity index (χ2n) is 6.42. The van der Waals surface area contributed by atoms with Crippen LogP contribution in [0, 0.1) is 5.82 Å². The molecule has 0 saturated carbocycles. The van der Waals surface area contributed by atoms with Crippen LogP contribution in [0.4, 0.5) is 36.4 Å². The molecule has 0 saturated heterocycles. The first-order valence-corrected chi connectivity index (χ1v) is 9.46. The third kappa shape index (κ3) is 5.58. The van der Waals surface area contributed by atoms with Gasteiger partial charge in [-0.25, -0.2) is 4.39 Å². The molecule has 0 aliphatic carbocycles. The zero-order valence-electron chi connectivity index (χ0n) is 15.6. The highest BCUT2D eigenvalue weighted by atomic mass is 79.9. The van der Waals surface area contributed by atoms with Gasteiger partial charge in [0.15, 0.2) is 0 Å². The van der Waals surface area contributed by atoms with E-state index in [1.807, 2.05) is 0 Å². The van der Waals surface area contributed by atoms with Gasteiger partial charge in [0.1, 0.15) is 17.3 Å². The lowest BCUT2D eigenvalue weighted by molar-refractivity contribution is -0.143. The molecule has 0 spiro atoms. The predicted molar refractivity (Wildman–Crippen MR) is 105 cm³/mol. The van der Waals surface area contributed by atoms with E-state index >= 15 is 0 Å². The van der Waals surface area contributed by atoms with Crippen molar-refractivity contribution in [3.05, 3.63) is 87.6 Å². The van der Waals surface area contributed by atoms with Crippen molar-refractivity contribution < 1.29 is 40.3 Å². The Labute approximate surface area is 184 Å². The molecular formula is C21H11BrF7NO2. The van der Waals surface area contributed by atoms with Gasteiger partial charge in [-0.1, -0.05) is 6.07 Å². The number of alkyl halides is 6. The normalized spacial score (nSPS) is 11.9. The van der Waals surface area contributed by atoms with Crippen molar-refractivity contribution >= 4 is 27.5 Å². The summed E-state index contributed by atoms with van der Waals surface area (Å²) in [7, 11) is 0. The number of rotatable bonds is 4. The molecule has 3 aromatic rings. The smallest absolute Gasteiger partial charge is 0.416 e. The lowest BCUT2D eigenvalue weighted by atomic mass is 10.1. The van der Waals surface area contributed by atoms with Crippen LogP contribution in [0.3, 0.4) is 0 Å². The molecule has 3 rings (SSSR count). The molecule has 0 unspecified atom stereocenters. The Hall–Kier alpha value is -3.08. The Kier molecular flexibility index (Phi) is 6.49. The van der Waals surface area contributed by atoms with Gasteiger partial charge in [0, 0.05) is 10.2 Å². The van der Waals surface area contributed by atoms with Crippen molar-refractivity contribution in [3.63, 3.8) is 0 Å². The van der Waals surface area contributed by atoms with Gasteiger partial charge >= 0.3 is 12.4 Å². The molecule has 3 nitrogen and oxygen atoms in total. The number of carbonyl (C=O) groups is 1. The molecule has 0 heterocycles. The standard InChI is InChI=1S/C21H11BrF7NO2/c22-16-2-1-3-17(23)18(16)19(31)30-13-4-6-14(7-5-13)32-15-9-11(20(24,25)26)8-12(10-15)21(27,28)29/h1-10H,(H,30,31). The Morgan fingerprint density at radius 2 is 1.38 bits per heavy atom. The van der Waals surface area contributed by atoms with E-state index in [1.54, 1.807) is 0 Å². The minimum Gasteiger partial charge on any atom is -0.457 e. The van der Waals surface area contributed by atoms with Crippen LogP contribution in [-0.4, -0.2) is 5.91 Å². The average molecular weight is 522 g/mol. The zero-order chi connectivity index (χ0) is 23.7. The van der Waals surface area contributed by atoms with E-state index in [0.29, 0.717) is 12.1 Å². The minimum absolute atomic E-state index is 0.00761. The van der Waals surface area contributed by atoms with Gasteiger partial charge in [-0.05, 0) is 70.5 Å². The SMILES string of the molecule is O=C(Nc1ccc(Oc2cc(C(F)(F)F)cc(C(F)(F)F)c2)cc1)c1c(F)cccc1Br. The summed E-state index contributed by atoms with van der Waals surface area (Å²) in [4.78, 5) is 12.3. The number of hydrogen-bond donors (Lipinski definition) is 1. The summed E-state index contributed by atoms with van der Waals surface area (Å²) in [6, 6.07) is 9.88. The van der Waals surface area contributed by atoms with Crippen molar-refractivity contribution in [2.24, 2.45) is 0 Å². The second-order valence-corrected chi connectivity index (χ2v) is 7.27. The highest BCUT2D eigenvalue weighted by Gasteiger charge is 2.37. The van der Waals surface area contributed by atoms with Crippen LogP contribution in [0.1, 0.15) is 21.5 Å². The molecule has 0 bridgehead atoms. The summed E-state index contributed by atoms with van der Waals surface area (Å²) in [5, 5.41) is 2.43. The molecule has 1 N–H and O–H groups in total. The molecule has 1 amide bonds. The highest BCUT2D eigenvalue weighted by molar-refractivity contribution is 9.10. The maximum absolute atomic E-state index is 13.9. The molecule has 32 heavy (non-hydrogen) atoms. The van der Waals surface area contributed by atoms with Gasteiger partial charge < -0.3 is 10.1 Å². The van der Waals surface area contributed by atoms with E-state index in [1.165, 1.54) is 36.4 Å². The first-order chi connectivity index (χ1) is 14.8. The van der Waals surface area contributed by atoms with Crippen LogP contribution in [0.25, 0.3) is 0 Å². The van der Waals surface area contributed by atoms with E-state index in [9.17, 15) is 35.5 Å². The molecule has 0 aliphatic rings. The van der Waals surface area contributed by atoms with E-state index in [0.717, 1.165) is 6.07 Å². The van der Waals surface area contributed by atoms with E-state index in [-0.39, 0.29) is 27.5 Å². The topological polar surface area (TPSA) is 38.3 Å². The molecule has 0 fully saturated rings. The molecular weight excluding hydrogens is 511 g/mol. The Bertz CT molecular complexity index is 1090. The summed E-state index contributed by atoms with van der Waals surface area (Å²) >= 11 is 3.07. The summed E-state index contributed by atoms with van der Waals surface area (Å²) in [5.41, 5.74) is -3.07. The third-order valence-electron chi connectivity index (χ3n) is 4.10. The number of ether oxygens (including phenoxy) is 1. The molecule has 0 radical (unpaired) electrons. The summed E-state index contributed by atoms with van der Waals surface area (Å²) < 4.78 is 97.0. The molecule has 3 aromatic carbocycles. The van der Waals surface area contributed by atoms with E-state index in [4.69, 9.17) is 4.74 Å². The lowest BCUT2D eigenvalue weighted by Crippen LogP contribution is -2.14. The lowest BCUT2D eigenvalue weighted by Gasteiger charge is -2.15. The van der Waals surface area contributed by atoms with E-state index in [2.05, 4.69) is 21.2 Å². The van der Waals surface area contributed by atoms with Crippen LogP contribution < -0.4 is 10.1 Å². The van der Waals surface area contributed by atoms with Crippen LogP contribution in [0.5, 0.6) is 11.5 Å². The summed E-state index contributed by atoms with van der Waals surface area (Å²) in [6.07, 6.45) is -10.0. The molecule has 168 valence electrons. The number of halogens is 8. The second kappa shape index (κ2) is 8.81. The first kappa shape index (κ1) is 23.6. The largest absolute Gasteiger partial charge is 0.457 e. The molecule has 11 heteroatoms. The summed E-state index contributed by atoms with van der Waals surface area (Å²) in [5.74, 6) is -2.28. The summed E-state index contributed by atoms with van der Waals surface area (Å²) in [6.45, 7) is 0. The number of nitrogens with one attached hydrogen (secondary N) is 1. The fourth-order valence-corrected chi connectivity index (χ4v) is 3.16. The Morgan fingerprint density at radius 1 is 0.812 bits per heavy atom. The maximum atomic E-state index is 13.9. The van der Waals surface area contributed by atoms with Gasteiger partial charge in [0.2, 0.25) is 0 Å². The number of amides is 1. The van der Waals surface area contributed by atoms with Crippen molar-refractivity contribution in [1.29, 1.82) is 0 Å². The van der Waals surface area contributed by atoms with Crippen LogP contribution in [-0.2, 0) is 12.4 Å². The quantitative estimate of drug-likeness (QED) is 0.357. The van der Waals surface area contributed by atoms with Gasteiger partial charge in [0.25, 0.3) is 5.91 Å². The van der Waals surface area contributed by atoms with Crippen LogP contribution in [0.15, 0.2) is 65.1 Å². The van der Waals surface area contributed by atoms with Crippen molar-refractivity contribution in [1.82, 2.24) is 0 Å². The van der Waals surface area contributed by atoms with Crippen molar-refractivity contribution in [2.45, 2.75) is 12.4 Å². The minimum atomic E-state index is -5.01. The maximum Gasteiger partial charge on any atom is 0.416 e. The first-order valence-electron chi connectivity index (χ1n) is 8.67. The zero-order valence-corrected chi connectivity index (χ0v) is 17.2. The Balaban J connectivity index is 1.81. The van der Waals surface area contributed by atoms with Crippen LogP contribution >= 0.6 is 15.9 Å². The third-order valence-corrected chi connectivity index (χ3v) is 4.76. The van der Waals surface area contributed by atoms with Gasteiger partial charge in [-0.3, -0.25) is 4.79 Å². The van der Waals surface area contributed by atoms with Gasteiger partial charge in [-0.2, -0.15) is 26.3 Å². The Morgan fingerprint density at radius 3 is 1.88 bits per heavy atom. The number of benzene rings is 3. The number of carbonyl (C=O) groups excluding carboxylic acids is 1. The van der Waals surface area contributed by atoms with Crippen LogP contribution in [0.2, 0.25) is 0 Å². The average Bonchev–Trinajstić information content (AvgIpc) is 2.68. The van der Waals surface area contributed by atoms with Gasteiger partial charge in [0.05, 0.1) is 16.7 Å². The fraction of sp³-hybridized carbons (Fsp3) is 0.0952. The fourth-order valence-electron chi connectivity index (χ4n) is 2.64. The molecule has 0 aromatic heterocycles. The van der Waals surface area contributed by atoms with Crippen molar-refractivity contribution in [2.75, 3.05) is 5.32 Å². The predicted octanol–water partition coefficient (Wildman–Crippen LogP) is 7.67. The number of hydrogen-bond acceptors (Lipinski definition) is 2. The number of anilines is 1.